The summed E-state index contributed by atoms with van der Waals surface area (Å²) in [5.41, 5.74) is 3.94. The van der Waals surface area contributed by atoms with Crippen LogP contribution < -0.4 is 10.2 Å². The van der Waals surface area contributed by atoms with Gasteiger partial charge in [-0.3, -0.25) is 0 Å². The Morgan fingerprint density at radius 1 is 1.00 bits per heavy atom. The average Bonchev–Trinajstić information content (AvgIpc) is 2.92. The molecule has 0 bridgehead atoms. The largest absolute Gasteiger partial charge is 0.480 e. The summed E-state index contributed by atoms with van der Waals surface area (Å²) in [7, 11) is 0. The second kappa shape index (κ2) is 13.1. The minimum absolute atomic E-state index is 0.107. The number of nitrogens with zero attached hydrogens (tertiary/aromatic N) is 1. The SMILES string of the molecule is CC(C)(C)OC(=O)N[C@@H](CSCc1ccc(-c2ccccc2)cc1CN1CCCc2ccc(C(F)(F)F)cc21)C(=O)O. The molecule has 3 aromatic carbocycles. The highest BCUT2D eigenvalue weighted by atomic mass is 32.2. The number of alkyl halides is 3. The Kier molecular flexibility index (Phi) is 9.76. The smallest absolute Gasteiger partial charge is 0.416 e. The van der Waals surface area contributed by atoms with Gasteiger partial charge in [0.1, 0.15) is 11.6 Å². The van der Waals surface area contributed by atoms with Crippen molar-refractivity contribution in [3.05, 3.63) is 89.0 Å². The van der Waals surface area contributed by atoms with Crippen LogP contribution in [0.25, 0.3) is 11.1 Å². The van der Waals surface area contributed by atoms with E-state index in [1.807, 2.05) is 47.4 Å². The highest BCUT2D eigenvalue weighted by Crippen LogP contribution is 2.37. The van der Waals surface area contributed by atoms with Gasteiger partial charge < -0.3 is 20.1 Å². The molecule has 1 aliphatic heterocycles. The molecule has 0 aromatic heterocycles. The van der Waals surface area contributed by atoms with Crippen LogP contribution in [-0.4, -0.2) is 41.1 Å². The zero-order valence-electron chi connectivity index (χ0n) is 23.8. The number of thioether (sulfide) groups is 1. The van der Waals surface area contributed by atoms with Gasteiger partial charge in [-0.15, -0.1) is 0 Å². The quantitative estimate of drug-likeness (QED) is 0.264. The van der Waals surface area contributed by atoms with Gasteiger partial charge in [0.15, 0.2) is 0 Å². The zero-order chi connectivity index (χ0) is 30.5. The summed E-state index contributed by atoms with van der Waals surface area (Å²) >= 11 is 1.35. The van der Waals surface area contributed by atoms with Crippen molar-refractivity contribution in [1.29, 1.82) is 0 Å². The van der Waals surface area contributed by atoms with E-state index in [4.69, 9.17) is 4.74 Å². The van der Waals surface area contributed by atoms with Crippen molar-refractivity contribution in [3.8, 4) is 11.1 Å². The lowest BCUT2D eigenvalue weighted by molar-refractivity contribution is -0.139. The maximum atomic E-state index is 13.5. The minimum atomic E-state index is -4.43. The molecule has 0 spiro atoms. The number of halogens is 3. The maximum Gasteiger partial charge on any atom is 0.416 e. The van der Waals surface area contributed by atoms with Crippen molar-refractivity contribution >= 4 is 29.5 Å². The summed E-state index contributed by atoms with van der Waals surface area (Å²) in [4.78, 5) is 26.0. The van der Waals surface area contributed by atoms with Gasteiger partial charge in [-0.2, -0.15) is 24.9 Å². The van der Waals surface area contributed by atoms with Crippen LogP contribution in [0.3, 0.4) is 0 Å². The molecule has 0 radical (unpaired) electrons. The second-order valence-electron chi connectivity index (χ2n) is 11.3. The van der Waals surface area contributed by atoms with E-state index < -0.39 is 35.4 Å². The van der Waals surface area contributed by atoms with E-state index in [2.05, 4.69) is 11.4 Å². The maximum absolute atomic E-state index is 13.5. The number of rotatable bonds is 9. The van der Waals surface area contributed by atoms with Crippen LogP contribution >= 0.6 is 11.8 Å². The minimum Gasteiger partial charge on any atom is -0.480 e. The molecule has 1 heterocycles. The van der Waals surface area contributed by atoms with E-state index in [1.54, 1.807) is 26.8 Å². The van der Waals surface area contributed by atoms with E-state index >= 15 is 0 Å². The zero-order valence-corrected chi connectivity index (χ0v) is 24.6. The second-order valence-corrected chi connectivity index (χ2v) is 12.3. The first-order valence-corrected chi connectivity index (χ1v) is 14.9. The van der Waals surface area contributed by atoms with E-state index in [0.29, 0.717) is 24.5 Å². The van der Waals surface area contributed by atoms with Crippen molar-refractivity contribution < 1.29 is 32.6 Å². The molecule has 3 aromatic rings. The topological polar surface area (TPSA) is 78.9 Å². The number of nitrogens with one attached hydrogen (secondary N) is 1. The molecule has 0 fully saturated rings. The van der Waals surface area contributed by atoms with Gasteiger partial charge in [-0.1, -0.05) is 48.5 Å². The van der Waals surface area contributed by atoms with Crippen molar-refractivity contribution in [2.45, 2.75) is 63.7 Å². The Balaban J connectivity index is 1.57. The molecule has 0 aliphatic carbocycles. The van der Waals surface area contributed by atoms with Crippen LogP contribution in [0, 0.1) is 0 Å². The van der Waals surface area contributed by atoms with Crippen molar-refractivity contribution in [2.75, 3.05) is 17.2 Å². The number of ether oxygens (including phenoxy) is 1. The molecule has 42 heavy (non-hydrogen) atoms. The third-order valence-corrected chi connectivity index (χ3v) is 7.92. The van der Waals surface area contributed by atoms with Gasteiger partial charge in [0.25, 0.3) is 0 Å². The highest BCUT2D eigenvalue weighted by Gasteiger charge is 2.32. The average molecular weight is 601 g/mol. The van der Waals surface area contributed by atoms with Crippen LogP contribution in [-0.2, 0) is 34.4 Å². The van der Waals surface area contributed by atoms with Crippen molar-refractivity contribution in [3.63, 3.8) is 0 Å². The van der Waals surface area contributed by atoms with Gasteiger partial charge >= 0.3 is 18.2 Å². The van der Waals surface area contributed by atoms with Gasteiger partial charge in [0, 0.05) is 30.3 Å². The Morgan fingerprint density at radius 3 is 2.40 bits per heavy atom. The molecule has 10 heteroatoms. The van der Waals surface area contributed by atoms with Crippen molar-refractivity contribution in [2.24, 2.45) is 0 Å². The Bertz CT molecular complexity index is 1410. The van der Waals surface area contributed by atoms with Crippen molar-refractivity contribution in [1.82, 2.24) is 5.32 Å². The summed E-state index contributed by atoms with van der Waals surface area (Å²) in [6.07, 6.45) is -3.68. The lowest BCUT2D eigenvalue weighted by atomic mass is 9.96. The number of hydrogen-bond acceptors (Lipinski definition) is 5. The lowest BCUT2D eigenvalue weighted by Crippen LogP contribution is -2.44. The first-order chi connectivity index (χ1) is 19.8. The predicted octanol–water partition coefficient (Wildman–Crippen LogP) is 7.54. The normalized spacial score (nSPS) is 14.2. The number of carboxylic acid groups (broad SMARTS) is 1. The summed E-state index contributed by atoms with van der Waals surface area (Å²) in [6, 6.07) is 18.7. The van der Waals surface area contributed by atoms with E-state index in [0.717, 1.165) is 46.7 Å². The summed E-state index contributed by atoms with van der Waals surface area (Å²) in [5, 5.41) is 12.1. The summed E-state index contributed by atoms with van der Waals surface area (Å²) in [6.45, 7) is 6.12. The molecule has 1 aliphatic rings. The number of hydrogen-bond donors (Lipinski definition) is 2. The Morgan fingerprint density at radius 2 is 1.74 bits per heavy atom. The molecule has 1 atom stereocenters. The molecule has 1 amide bonds. The Hall–Kier alpha value is -3.66. The van der Waals surface area contributed by atoms with Gasteiger partial charge in [-0.05, 0) is 79.6 Å². The number of alkyl carbamates (subject to hydrolysis) is 1. The summed E-state index contributed by atoms with van der Waals surface area (Å²) in [5.74, 6) is -0.609. The number of fused-ring (bicyclic) bond motifs is 1. The molecule has 4 rings (SSSR count). The molecular formula is C32H35F3N2O4S. The molecule has 0 unspecified atom stereocenters. The molecular weight excluding hydrogens is 565 g/mol. The third-order valence-electron chi connectivity index (χ3n) is 6.83. The standard InChI is InChI=1S/C32H35F3N2O4S/c1-31(2,3)41-30(40)36-27(29(38)39)20-42-19-24-12-11-23(21-8-5-4-6-9-21)16-25(24)18-37-15-7-10-22-13-14-26(17-28(22)37)32(33,34)35/h4-6,8-9,11-14,16-17,27H,7,10,15,18-20H2,1-3H3,(H,36,40)(H,38,39)/t27-/m0/s1. The van der Waals surface area contributed by atoms with Crippen LogP contribution in [0.15, 0.2) is 66.7 Å². The number of carboxylic acids is 1. The fourth-order valence-electron chi connectivity index (χ4n) is 4.83. The highest BCUT2D eigenvalue weighted by molar-refractivity contribution is 7.98. The first-order valence-electron chi connectivity index (χ1n) is 13.7. The molecule has 6 nitrogen and oxygen atoms in total. The third kappa shape index (κ3) is 8.44. The van der Waals surface area contributed by atoms with Crippen LogP contribution in [0.2, 0.25) is 0 Å². The van der Waals surface area contributed by atoms with Gasteiger partial charge in [0.2, 0.25) is 0 Å². The molecule has 224 valence electrons. The van der Waals surface area contributed by atoms with Crippen LogP contribution in [0.5, 0.6) is 0 Å². The Labute approximate surface area is 248 Å². The fraction of sp³-hybridized carbons (Fsp3) is 0.375. The monoisotopic (exact) mass is 600 g/mol. The summed E-state index contributed by atoms with van der Waals surface area (Å²) < 4.78 is 45.8. The number of carbonyl (C=O) groups is 2. The van der Waals surface area contributed by atoms with E-state index in [9.17, 15) is 27.9 Å². The van der Waals surface area contributed by atoms with Crippen LogP contribution in [0.1, 0.15) is 49.4 Å². The number of aliphatic carboxylic acids is 1. The molecule has 0 saturated heterocycles. The number of benzene rings is 3. The molecule has 0 saturated carbocycles. The van der Waals surface area contributed by atoms with E-state index in [1.165, 1.54) is 17.8 Å². The number of anilines is 1. The molecule has 2 N–H and O–H groups in total. The lowest BCUT2D eigenvalue weighted by Gasteiger charge is -2.33. The predicted molar refractivity (Wildman–Crippen MR) is 160 cm³/mol. The number of aryl methyl sites for hydroxylation is 1. The number of amides is 1. The van der Waals surface area contributed by atoms with Gasteiger partial charge in [-0.25, -0.2) is 9.59 Å². The van der Waals surface area contributed by atoms with Gasteiger partial charge in [0.05, 0.1) is 5.56 Å². The number of carbonyl (C=O) groups excluding carboxylic acids is 1. The fourth-order valence-corrected chi connectivity index (χ4v) is 5.91. The van der Waals surface area contributed by atoms with E-state index in [-0.39, 0.29) is 5.75 Å². The first kappa shape index (κ1) is 31.3. The van der Waals surface area contributed by atoms with Crippen LogP contribution in [0.4, 0.5) is 23.7 Å².